The Hall–Kier alpha value is -0.950. The van der Waals surface area contributed by atoms with E-state index in [1.165, 1.54) is 30.6 Å². The van der Waals surface area contributed by atoms with Crippen molar-refractivity contribution in [3.63, 3.8) is 0 Å². The molecule has 0 bridgehead atoms. The highest BCUT2D eigenvalue weighted by molar-refractivity contribution is 8.03. The third kappa shape index (κ3) is 5.14. The highest BCUT2D eigenvalue weighted by Crippen LogP contribution is 2.34. The van der Waals surface area contributed by atoms with E-state index in [9.17, 15) is 0 Å². The zero-order valence-electron chi connectivity index (χ0n) is 11.6. The quantitative estimate of drug-likeness (QED) is 0.395. The number of hydrogen-bond donors (Lipinski definition) is 0. The van der Waals surface area contributed by atoms with Gasteiger partial charge in [-0.15, -0.1) is 6.58 Å². The minimum absolute atomic E-state index is 1.03. The van der Waals surface area contributed by atoms with Crippen molar-refractivity contribution >= 4 is 11.8 Å². The minimum atomic E-state index is 1.03. The van der Waals surface area contributed by atoms with Crippen LogP contribution in [0.25, 0.3) is 0 Å². The molecule has 0 nitrogen and oxygen atoms in total. The number of hydrogen-bond acceptors (Lipinski definition) is 1. The van der Waals surface area contributed by atoms with Crippen molar-refractivity contribution in [2.24, 2.45) is 0 Å². The molecule has 0 aliphatic heterocycles. The van der Waals surface area contributed by atoms with Gasteiger partial charge in [-0.05, 0) is 36.3 Å². The summed E-state index contributed by atoms with van der Waals surface area (Å²) in [5, 5.41) is 0. The van der Waals surface area contributed by atoms with E-state index < -0.39 is 0 Å². The fraction of sp³-hybridized carbons (Fsp3) is 0.412. The summed E-state index contributed by atoms with van der Waals surface area (Å²) in [7, 11) is 0. The molecule has 0 aliphatic carbocycles. The molecule has 0 amide bonds. The highest BCUT2D eigenvalue weighted by atomic mass is 32.2. The molecule has 1 heteroatoms. The van der Waals surface area contributed by atoms with Gasteiger partial charge in [0.2, 0.25) is 0 Å². The van der Waals surface area contributed by atoms with E-state index in [-0.39, 0.29) is 0 Å². The smallest absolute Gasteiger partial charge is 0.0119 e. The fourth-order valence-electron chi connectivity index (χ4n) is 1.99. The van der Waals surface area contributed by atoms with E-state index in [0.29, 0.717) is 0 Å². The van der Waals surface area contributed by atoms with Gasteiger partial charge in [0.1, 0.15) is 0 Å². The van der Waals surface area contributed by atoms with Crippen LogP contribution >= 0.6 is 11.8 Å². The molecule has 1 aromatic rings. The summed E-state index contributed by atoms with van der Waals surface area (Å²) >= 11 is 1.93. The average molecular weight is 260 g/mol. The molecule has 0 saturated heterocycles. The molecule has 1 rings (SSSR count). The van der Waals surface area contributed by atoms with Crippen LogP contribution in [0.4, 0.5) is 0 Å². The number of thioether (sulfide) groups is 1. The molecule has 0 saturated carbocycles. The lowest BCUT2D eigenvalue weighted by atomic mass is 10.1. The molecular formula is C17H24S. The predicted molar refractivity (Wildman–Crippen MR) is 84.0 cm³/mol. The zero-order valence-corrected chi connectivity index (χ0v) is 12.4. The molecule has 0 aliphatic rings. The van der Waals surface area contributed by atoms with E-state index in [2.05, 4.69) is 50.8 Å². The molecule has 0 heterocycles. The second-order valence-electron chi connectivity index (χ2n) is 4.43. The van der Waals surface area contributed by atoms with Gasteiger partial charge in [0.25, 0.3) is 0 Å². The Morgan fingerprint density at radius 2 is 1.78 bits per heavy atom. The third-order valence-corrected chi connectivity index (χ3v) is 4.05. The standard InChI is InChI=1S/C17H24S/c1-4-10-15(11-5-2)17(12-6-3)18-16-13-8-7-9-14-16/h4,7-9,13-14H,1,5-6,10-12H2,2-3H3/b17-15+. The van der Waals surface area contributed by atoms with Crippen molar-refractivity contribution in [3.8, 4) is 0 Å². The first-order valence-electron chi connectivity index (χ1n) is 6.86. The number of rotatable bonds is 8. The van der Waals surface area contributed by atoms with Gasteiger partial charge in [0.15, 0.2) is 0 Å². The Morgan fingerprint density at radius 1 is 1.11 bits per heavy atom. The summed E-state index contributed by atoms with van der Waals surface area (Å²) < 4.78 is 0. The van der Waals surface area contributed by atoms with Gasteiger partial charge in [-0.2, -0.15) is 0 Å². The van der Waals surface area contributed by atoms with Gasteiger partial charge in [-0.1, -0.05) is 68.3 Å². The lowest BCUT2D eigenvalue weighted by Gasteiger charge is -2.13. The van der Waals surface area contributed by atoms with E-state index in [4.69, 9.17) is 0 Å². The predicted octanol–water partition coefficient (Wildman–Crippen LogP) is 6.21. The van der Waals surface area contributed by atoms with Crippen LogP contribution in [0.2, 0.25) is 0 Å². The van der Waals surface area contributed by atoms with Gasteiger partial charge in [0, 0.05) is 4.90 Å². The molecule has 0 N–H and O–H groups in total. The molecule has 0 spiro atoms. The number of allylic oxidation sites excluding steroid dienone is 3. The lowest BCUT2D eigenvalue weighted by Crippen LogP contribution is -1.89. The second kappa shape index (κ2) is 9.04. The van der Waals surface area contributed by atoms with Crippen molar-refractivity contribution < 1.29 is 0 Å². The second-order valence-corrected chi connectivity index (χ2v) is 5.60. The number of benzene rings is 1. The maximum atomic E-state index is 3.89. The zero-order chi connectivity index (χ0) is 13.2. The van der Waals surface area contributed by atoms with Gasteiger partial charge in [-0.25, -0.2) is 0 Å². The summed E-state index contributed by atoms with van der Waals surface area (Å²) in [6, 6.07) is 10.7. The van der Waals surface area contributed by atoms with Gasteiger partial charge >= 0.3 is 0 Å². The first-order chi connectivity index (χ1) is 8.81. The van der Waals surface area contributed by atoms with Crippen molar-refractivity contribution in [2.45, 2.75) is 50.8 Å². The molecule has 0 fully saturated rings. The molecule has 0 radical (unpaired) electrons. The van der Waals surface area contributed by atoms with Crippen molar-refractivity contribution in [2.75, 3.05) is 0 Å². The van der Waals surface area contributed by atoms with E-state index in [0.717, 1.165) is 6.42 Å². The van der Waals surface area contributed by atoms with Crippen LogP contribution in [0, 0.1) is 0 Å². The van der Waals surface area contributed by atoms with Gasteiger partial charge < -0.3 is 0 Å². The summed E-state index contributed by atoms with van der Waals surface area (Å²) in [6.07, 6.45) is 7.87. The SMILES string of the molecule is C=CC/C(CCC)=C(/CCC)Sc1ccccc1. The first-order valence-corrected chi connectivity index (χ1v) is 7.68. The van der Waals surface area contributed by atoms with Gasteiger partial charge in [-0.3, -0.25) is 0 Å². The maximum absolute atomic E-state index is 3.89. The van der Waals surface area contributed by atoms with E-state index in [1.807, 2.05) is 17.8 Å². The molecule has 1 aromatic carbocycles. The monoisotopic (exact) mass is 260 g/mol. The minimum Gasteiger partial charge on any atom is -0.103 e. The van der Waals surface area contributed by atoms with Crippen LogP contribution in [-0.4, -0.2) is 0 Å². The summed E-state index contributed by atoms with van der Waals surface area (Å²) in [5.74, 6) is 0. The van der Waals surface area contributed by atoms with Crippen LogP contribution in [0.3, 0.4) is 0 Å². The van der Waals surface area contributed by atoms with E-state index in [1.54, 1.807) is 10.5 Å². The largest absolute Gasteiger partial charge is 0.103 e. The van der Waals surface area contributed by atoms with Crippen molar-refractivity contribution in [1.29, 1.82) is 0 Å². The first kappa shape index (κ1) is 15.1. The molecule has 98 valence electrons. The Balaban J connectivity index is 2.90. The Kier molecular flexibility index (Phi) is 7.59. The van der Waals surface area contributed by atoms with E-state index >= 15 is 0 Å². The van der Waals surface area contributed by atoms with Crippen LogP contribution in [-0.2, 0) is 0 Å². The fourth-order valence-corrected chi connectivity index (χ4v) is 3.20. The van der Waals surface area contributed by atoms with Gasteiger partial charge in [0.05, 0.1) is 0 Å². The van der Waals surface area contributed by atoms with Crippen LogP contribution in [0.15, 0.2) is 58.4 Å². The normalized spacial score (nSPS) is 12.1. The van der Waals surface area contributed by atoms with Crippen LogP contribution < -0.4 is 0 Å². The summed E-state index contributed by atoms with van der Waals surface area (Å²) in [5.41, 5.74) is 1.57. The molecule has 0 unspecified atom stereocenters. The lowest BCUT2D eigenvalue weighted by molar-refractivity contribution is 0.846. The molecule has 0 atom stereocenters. The van der Waals surface area contributed by atoms with Crippen molar-refractivity contribution in [1.82, 2.24) is 0 Å². The van der Waals surface area contributed by atoms with Crippen LogP contribution in [0.5, 0.6) is 0 Å². The maximum Gasteiger partial charge on any atom is 0.0119 e. The van der Waals surface area contributed by atoms with Crippen molar-refractivity contribution in [3.05, 3.63) is 53.5 Å². The molecule has 0 aromatic heterocycles. The molecule has 18 heavy (non-hydrogen) atoms. The average Bonchev–Trinajstić information content (AvgIpc) is 2.39. The Morgan fingerprint density at radius 3 is 2.33 bits per heavy atom. The van der Waals surface area contributed by atoms with Crippen LogP contribution in [0.1, 0.15) is 46.0 Å². The Bertz CT molecular complexity index is 376. The summed E-state index contributed by atoms with van der Waals surface area (Å²) in [4.78, 5) is 2.89. The summed E-state index contributed by atoms with van der Waals surface area (Å²) in [6.45, 7) is 8.39. The highest BCUT2D eigenvalue weighted by Gasteiger charge is 2.06. The third-order valence-electron chi connectivity index (χ3n) is 2.80. The molecular weight excluding hydrogens is 236 g/mol. The Labute approximate surface area is 116 Å². The topological polar surface area (TPSA) is 0 Å².